The minimum atomic E-state index is -0.408. The Labute approximate surface area is 113 Å². The van der Waals surface area contributed by atoms with E-state index < -0.39 is 6.09 Å². The Hall–Kier alpha value is -1.30. The quantitative estimate of drug-likeness (QED) is 0.797. The second kappa shape index (κ2) is 6.23. The van der Waals surface area contributed by atoms with Gasteiger partial charge in [-0.2, -0.15) is 0 Å². The number of rotatable bonds is 2. The zero-order chi connectivity index (χ0) is 13.8. The number of carbonyl (C=O) groups excluding carboxylic acids is 2. The second-order valence-corrected chi connectivity index (χ2v) is 5.17. The fraction of sp³-hybridized carbons (Fsp3) is 0.846. The van der Waals surface area contributed by atoms with Gasteiger partial charge in [-0.25, -0.2) is 4.79 Å². The smallest absolute Gasteiger partial charge is 0.410 e. The molecule has 1 aliphatic heterocycles. The molecular weight excluding hydrogens is 248 g/mol. The topological polar surface area (TPSA) is 70.1 Å². The molecule has 6 nitrogen and oxygen atoms in total. The Morgan fingerprint density at radius 2 is 2.00 bits per heavy atom. The SMILES string of the molecule is CCOC(=O)N1CCN([C@H]2CC[C@H](O)CC2)C(=O)C1. The van der Waals surface area contributed by atoms with Gasteiger partial charge in [0.25, 0.3) is 0 Å². The molecule has 108 valence electrons. The Morgan fingerprint density at radius 3 is 2.58 bits per heavy atom. The molecule has 0 aromatic rings. The van der Waals surface area contributed by atoms with Gasteiger partial charge in [0.15, 0.2) is 0 Å². The van der Waals surface area contributed by atoms with E-state index in [1.54, 1.807) is 6.92 Å². The van der Waals surface area contributed by atoms with Crippen LogP contribution in [-0.4, -0.2) is 65.3 Å². The van der Waals surface area contributed by atoms with Crippen LogP contribution in [0.15, 0.2) is 0 Å². The van der Waals surface area contributed by atoms with Crippen LogP contribution in [0, 0.1) is 0 Å². The van der Waals surface area contributed by atoms with Gasteiger partial charge >= 0.3 is 6.09 Å². The lowest BCUT2D eigenvalue weighted by atomic mass is 9.91. The van der Waals surface area contributed by atoms with Crippen LogP contribution in [0.3, 0.4) is 0 Å². The lowest BCUT2D eigenvalue weighted by Gasteiger charge is -2.40. The van der Waals surface area contributed by atoms with Crippen molar-refractivity contribution < 1.29 is 19.4 Å². The number of aliphatic hydroxyl groups is 1. The maximum atomic E-state index is 12.1. The van der Waals surface area contributed by atoms with Crippen LogP contribution in [0.5, 0.6) is 0 Å². The highest BCUT2D eigenvalue weighted by molar-refractivity contribution is 5.83. The Bertz CT molecular complexity index is 340. The van der Waals surface area contributed by atoms with Crippen LogP contribution < -0.4 is 0 Å². The van der Waals surface area contributed by atoms with Gasteiger partial charge in [0.05, 0.1) is 12.7 Å². The number of aliphatic hydroxyl groups excluding tert-OH is 1. The fourth-order valence-corrected chi connectivity index (χ4v) is 2.81. The molecule has 19 heavy (non-hydrogen) atoms. The Balaban J connectivity index is 1.86. The maximum absolute atomic E-state index is 12.1. The lowest BCUT2D eigenvalue weighted by Crippen LogP contribution is -2.56. The van der Waals surface area contributed by atoms with Gasteiger partial charge < -0.3 is 14.7 Å². The highest BCUT2D eigenvalue weighted by Gasteiger charge is 2.33. The van der Waals surface area contributed by atoms with Crippen LogP contribution in [0.1, 0.15) is 32.6 Å². The number of nitrogens with zero attached hydrogens (tertiary/aromatic N) is 2. The maximum Gasteiger partial charge on any atom is 0.410 e. The third-order valence-electron chi connectivity index (χ3n) is 3.89. The van der Waals surface area contributed by atoms with Crippen molar-refractivity contribution >= 4 is 12.0 Å². The molecule has 2 rings (SSSR count). The molecule has 2 amide bonds. The molecule has 2 aliphatic rings. The number of amides is 2. The summed E-state index contributed by atoms with van der Waals surface area (Å²) in [4.78, 5) is 27.0. The van der Waals surface area contributed by atoms with Gasteiger partial charge in [0.2, 0.25) is 5.91 Å². The molecule has 1 saturated heterocycles. The van der Waals surface area contributed by atoms with Crippen LogP contribution in [0.4, 0.5) is 4.79 Å². The monoisotopic (exact) mass is 270 g/mol. The summed E-state index contributed by atoms with van der Waals surface area (Å²) in [6.07, 6.45) is 2.60. The summed E-state index contributed by atoms with van der Waals surface area (Å²) < 4.78 is 4.91. The molecule has 0 radical (unpaired) electrons. The Morgan fingerprint density at radius 1 is 1.32 bits per heavy atom. The molecule has 2 fully saturated rings. The van der Waals surface area contributed by atoms with Crippen molar-refractivity contribution in [1.29, 1.82) is 0 Å². The van der Waals surface area contributed by atoms with Gasteiger partial charge in [-0.1, -0.05) is 0 Å². The normalized spacial score (nSPS) is 28.4. The van der Waals surface area contributed by atoms with Crippen LogP contribution in [-0.2, 0) is 9.53 Å². The van der Waals surface area contributed by atoms with E-state index in [0.29, 0.717) is 19.7 Å². The third kappa shape index (κ3) is 3.37. The van der Waals surface area contributed by atoms with Crippen LogP contribution in [0.25, 0.3) is 0 Å². The average molecular weight is 270 g/mol. The van der Waals surface area contributed by atoms with Gasteiger partial charge in [-0.3, -0.25) is 9.69 Å². The van der Waals surface area contributed by atoms with E-state index in [2.05, 4.69) is 0 Å². The van der Waals surface area contributed by atoms with Gasteiger partial charge in [-0.15, -0.1) is 0 Å². The first-order chi connectivity index (χ1) is 9.11. The summed E-state index contributed by atoms with van der Waals surface area (Å²) >= 11 is 0. The molecule has 0 aromatic carbocycles. The summed E-state index contributed by atoms with van der Waals surface area (Å²) in [7, 11) is 0. The number of hydrogen-bond donors (Lipinski definition) is 1. The standard InChI is InChI=1S/C13H22N2O4/c1-2-19-13(18)14-7-8-15(12(17)9-14)10-3-5-11(16)6-4-10/h10-11,16H,2-9H2,1H3/t10-,11-. The average Bonchev–Trinajstić information content (AvgIpc) is 2.40. The van der Waals surface area contributed by atoms with Crippen molar-refractivity contribution in [3.05, 3.63) is 0 Å². The lowest BCUT2D eigenvalue weighted by molar-refractivity contribution is -0.139. The summed E-state index contributed by atoms with van der Waals surface area (Å²) in [5.74, 6) is -0.0132. The number of piperazine rings is 1. The number of ether oxygens (including phenoxy) is 1. The molecule has 1 N–H and O–H groups in total. The van der Waals surface area contributed by atoms with E-state index in [9.17, 15) is 14.7 Å². The molecule has 0 aromatic heterocycles. The van der Waals surface area contributed by atoms with E-state index in [4.69, 9.17) is 4.74 Å². The summed E-state index contributed by atoms with van der Waals surface area (Å²) in [5.41, 5.74) is 0. The molecule has 1 aliphatic carbocycles. The number of carbonyl (C=O) groups is 2. The predicted molar refractivity (Wildman–Crippen MR) is 68.6 cm³/mol. The largest absolute Gasteiger partial charge is 0.450 e. The highest BCUT2D eigenvalue weighted by Crippen LogP contribution is 2.24. The third-order valence-corrected chi connectivity index (χ3v) is 3.89. The highest BCUT2D eigenvalue weighted by atomic mass is 16.6. The molecule has 6 heteroatoms. The van der Waals surface area contributed by atoms with Gasteiger partial charge in [0.1, 0.15) is 6.54 Å². The van der Waals surface area contributed by atoms with Crippen LogP contribution >= 0.6 is 0 Å². The minimum Gasteiger partial charge on any atom is -0.450 e. The van der Waals surface area contributed by atoms with Gasteiger partial charge in [-0.05, 0) is 32.6 Å². The Kier molecular flexibility index (Phi) is 4.63. The zero-order valence-electron chi connectivity index (χ0n) is 11.4. The first kappa shape index (κ1) is 14.1. The summed E-state index contributed by atoms with van der Waals surface area (Å²) in [6.45, 7) is 3.29. The molecule has 1 saturated carbocycles. The number of hydrogen-bond acceptors (Lipinski definition) is 4. The van der Waals surface area contributed by atoms with Crippen molar-refractivity contribution in [3.63, 3.8) is 0 Å². The fourth-order valence-electron chi connectivity index (χ4n) is 2.81. The predicted octanol–water partition coefficient (Wildman–Crippen LogP) is 0.591. The van der Waals surface area contributed by atoms with E-state index in [1.165, 1.54) is 4.90 Å². The van der Waals surface area contributed by atoms with Crippen LogP contribution in [0.2, 0.25) is 0 Å². The molecule has 0 spiro atoms. The first-order valence-corrected chi connectivity index (χ1v) is 7.01. The minimum absolute atomic E-state index is 0.0132. The summed E-state index contributed by atoms with van der Waals surface area (Å²) in [5, 5.41) is 9.49. The second-order valence-electron chi connectivity index (χ2n) is 5.17. The molecule has 0 bridgehead atoms. The van der Waals surface area contributed by atoms with Crippen molar-refractivity contribution in [2.75, 3.05) is 26.2 Å². The van der Waals surface area contributed by atoms with E-state index in [0.717, 1.165) is 25.7 Å². The summed E-state index contributed by atoms with van der Waals surface area (Å²) in [6, 6.07) is 0.222. The van der Waals surface area contributed by atoms with E-state index in [-0.39, 0.29) is 24.6 Å². The molecule has 0 unspecified atom stereocenters. The van der Waals surface area contributed by atoms with Crippen molar-refractivity contribution in [1.82, 2.24) is 9.80 Å². The first-order valence-electron chi connectivity index (χ1n) is 7.01. The molecular formula is C13H22N2O4. The van der Waals surface area contributed by atoms with Crippen molar-refractivity contribution in [2.45, 2.75) is 44.8 Å². The molecule has 0 atom stereocenters. The van der Waals surface area contributed by atoms with E-state index in [1.807, 2.05) is 4.90 Å². The van der Waals surface area contributed by atoms with Crippen molar-refractivity contribution in [2.24, 2.45) is 0 Å². The molecule has 1 heterocycles. The van der Waals surface area contributed by atoms with Crippen molar-refractivity contribution in [3.8, 4) is 0 Å². The van der Waals surface area contributed by atoms with Gasteiger partial charge in [0, 0.05) is 19.1 Å². The zero-order valence-corrected chi connectivity index (χ0v) is 11.4. The van der Waals surface area contributed by atoms with E-state index >= 15 is 0 Å².